The Morgan fingerprint density at radius 1 is 1.35 bits per heavy atom. The van der Waals surface area contributed by atoms with Crippen LogP contribution in [0.2, 0.25) is 0 Å². The number of carbonyl (C=O) groups excluding carboxylic acids is 1. The number of fused-ring (bicyclic) bond motifs is 1. The number of benzene rings is 1. The molecule has 2 heterocycles. The van der Waals surface area contributed by atoms with Gasteiger partial charge in [0.25, 0.3) is 0 Å². The number of likely N-dealkylation sites (tertiary alicyclic amines) is 1. The molecule has 2 aliphatic rings. The second-order valence-electron chi connectivity index (χ2n) is 7.68. The number of amides is 1. The van der Waals surface area contributed by atoms with E-state index in [1.807, 2.05) is 11.0 Å². The molecular formula is C21H21BrClFN4O3. The number of anilines is 1. The molecule has 1 atom stereocenters. The Kier molecular flexibility index (Phi) is 6.07. The van der Waals surface area contributed by atoms with Gasteiger partial charge in [0.1, 0.15) is 10.5 Å². The first-order valence-corrected chi connectivity index (χ1v) is 11.1. The number of carboxylic acid groups (broad SMARTS) is 1. The number of carbonyl (C=O) groups is 2. The lowest BCUT2D eigenvalue weighted by atomic mass is 10.1. The van der Waals surface area contributed by atoms with Gasteiger partial charge in [0, 0.05) is 37.0 Å². The fraction of sp³-hybridized carbons (Fsp3) is 0.381. The summed E-state index contributed by atoms with van der Waals surface area (Å²) in [7, 11) is 0. The van der Waals surface area contributed by atoms with Crippen molar-refractivity contribution in [1.82, 2.24) is 14.5 Å². The SMILES string of the molecule is O=C(O)c1cc2c(ncn2CCC(=O)N2CCCC2)c(F)c1NC1(Cl)C=CC(Br)=CC1. The second kappa shape index (κ2) is 8.63. The number of hydrogen-bond donors (Lipinski definition) is 2. The van der Waals surface area contributed by atoms with E-state index in [4.69, 9.17) is 11.6 Å². The molecule has 4 rings (SSSR count). The molecule has 1 aliphatic carbocycles. The first-order valence-electron chi connectivity index (χ1n) is 9.98. The van der Waals surface area contributed by atoms with Crippen LogP contribution in [0.1, 0.15) is 36.0 Å². The molecule has 1 unspecified atom stereocenters. The molecule has 0 saturated carbocycles. The number of aromatic carboxylic acids is 1. The number of nitrogens with zero attached hydrogens (tertiary/aromatic N) is 3. The van der Waals surface area contributed by atoms with Crippen LogP contribution in [0, 0.1) is 5.82 Å². The van der Waals surface area contributed by atoms with Crippen molar-refractivity contribution in [2.24, 2.45) is 0 Å². The Bertz CT molecular complexity index is 1110. The first kappa shape index (κ1) is 21.8. The topological polar surface area (TPSA) is 87.5 Å². The molecule has 1 aromatic heterocycles. The van der Waals surface area contributed by atoms with Gasteiger partial charge in [-0.2, -0.15) is 0 Å². The van der Waals surface area contributed by atoms with E-state index in [2.05, 4.69) is 26.2 Å². The van der Waals surface area contributed by atoms with Crippen LogP contribution in [0.3, 0.4) is 0 Å². The number of nitrogens with one attached hydrogen (secondary N) is 1. The second-order valence-corrected chi connectivity index (χ2v) is 9.27. The lowest BCUT2D eigenvalue weighted by molar-refractivity contribution is -0.130. The molecule has 0 bridgehead atoms. The molecule has 1 aromatic carbocycles. The Balaban J connectivity index is 1.64. The standard InChI is InChI=1S/C21H21BrClFN4O3/c22-13-3-6-21(23,7-4-13)26-18-14(20(30)31)11-15-19(17(18)24)25-12-28(15)10-5-16(29)27-8-1-2-9-27/h3-4,6,11-12,26H,1-2,5,7-10H2,(H,30,31). The Morgan fingerprint density at radius 2 is 2.10 bits per heavy atom. The summed E-state index contributed by atoms with van der Waals surface area (Å²) in [6, 6.07) is 1.37. The van der Waals surface area contributed by atoms with Crippen molar-refractivity contribution < 1.29 is 19.1 Å². The predicted octanol–water partition coefficient (Wildman–Crippen LogP) is 4.47. The third-order valence-electron chi connectivity index (χ3n) is 5.55. The molecule has 1 amide bonds. The monoisotopic (exact) mass is 510 g/mol. The van der Waals surface area contributed by atoms with Gasteiger partial charge < -0.3 is 19.9 Å². The van der Waals surface area contributed by atoms with Crippen LogP contribution in [0.4, 0.5) is 10.1 Å². The molecule has 10 heteroatoms. The lowest BCUT2D eigenvalue weighted by Gasteiger charge is -2.28. The zero-order valence-electron chi connectivity index (χ0n) is 16.6. The van der Waals surface area contributed by atoms with E-state index in [0.29, 0.717) is 11.9 Å². The van der Waals surface area contributed by atoms with E-state index in [1.54, 1.807) is 16.7 Å². The minimum atomic E-state index is -1.29. The number of allylic oxidation sites excluding steroid dienone is 2. The Morgan fingerprint density at radius 3 is 2.74 bits per heavy atom. The van der Waals surface area contributed by atoms with E-state index in [1.165, 1.54) is 12.4 Å². The quantitative estimate of drug-likeness (QED) is 0.441. The van der Waals surface area contributed by atoms with E-state index < -0.39 is 16.8 Å². The number of imidazole rings is 1. The van der Waals surface area contributed by atoms with Gasteiger partial charge >= 0.3 is 5.97 Å². The van der Waals surface area contributed by atoms with E-state index in [0.717, 1.165) is 30.4 Å². The summed E-state index contributed by atoms with van der Waals surface area (Å²) in [6.45, 7) is 1.81. The zero-order chi connectivity index (χ0) is 22.2. The maximum Gasteiger partial charge on any atom is 0.337 e. The number of carboxylic acids is 1. The highest BCUT2D eigenvalue weighted by atomic mass is 79.9. The van der Waals surface area contributed by atoms with Crippen molar-refractivity contribution in [2.45, 2.75) is 37.2 Å². The van der Waals surface area contributed by atoms with Gasteiger partial charge in [-0.15, -0.1) is 0 Å². The molecule has 1 aliphatic heterocycles. The molecule has 7 nitrogen and oxygen atoms in total. The fourth-order valence-electron chi connectivity index (χ4n) is 3.86. The minimum absolute atomic E-state index is 0.0258. The van der Waals surface area contributed by atoms with Gasteiger partial charge in [-0.3, -0.25) is 4.79 Å². The van der Waals surface area contributed by atoms with Crippen LogP contribution in [0.15, 0.2) is 35.1 Å². The summed E-state index contributed by atoms with van der Waals surface area (Å²) in [5, 5.41) is 12.5. The molecule has 164 valence electrons. The summed E-state index contributed by atoms with van der Waals surface area (Å²) in [4.78, 5) is 29.0. The fourth-order valence-corrected chi connectivity index (χ4v) is 4.39. The van der Waals surface area contributed by atoms with E-state index >= 15 is 4.39 Å². The number of alkyl halides is 1. The van der Waals surface area contributed by atoms with Gasteiger partial charge in [0.2, 0.25) is 5.91 Å². The van der Waals surface area contributed by atoms with Crippen molar-refractivity contribution >= 4 is 56.1 Å². The van der Waals surface area contributed by atoms with Gasteiger partial charge in [-0.25, -0.2) is 14.2 Å². The summed E-state index contributed by atoms with van der Waals surface area (Å²) < 4.78 is 17.8. The predicted molar refractivity (Wildman–Crippen MR) is 120 cm³/mol. The van der Waals surface area contributed by atoms with Gasteiger partial charge in [0.15, 0.2) is 5.82 Å². The molecule has 0 spiro atoms. The molecule has 1 fully saturated rings. The average Bonchev–Trinajstić information content (AvgIpc) is 3.41. The molecule has 31 heavy (non-hydrogen) atoms. The summed E-state index contributed by atoms with van der Waals surface area (Å²) in [6.07, 6.45) is 9.17. The van der Waals surface area contributed by atoms with Crippen LogP contribution >= 0.6 is 27.5 Å². The van der Waals surface area contributed by atoms with Crippen molar-refractivity contribution in [3.63, 3.8) is 0 Å². The van der Waals surface area contributed by atoms with Crippen molar-refractivity contribution in [1.29, 1.82) is 0 Å². The van der Waals surface area contributed by atoms with E-state index in [9.17, 15) is 14.7 Å². The molecule has 2 aromatic rings. The third-order valence-corrected chi connectivity index (χ3v) is 6.51. The third kappa shape index (κ3) is 4.48. The van der Waals surface area contributed by atoms with Gasteiger partial charge in [-0.05, 0) is 31.1 Å². The largest absolute Gasteiger partial charge is 0.478 e. The number of aryl methyl sites for hydroxylation is 1. The van der Waals surface area contributed by atoms with Crippen molar-refractivity contribution in [3.05, 3.63) is 46.5 Å². The average molecular weight is 512 g/mol. The molecule has 0 radical (unpaired) electrons. The first-order chi connectivity index (χ1) is 14.8. The molecule has 1 saturated heterocycles. The number of rotatable bonds is 6. The number of hydrogen-bond acceptors (Lipinski definition) is 4. The summed E-state index contributed by atoms with van der Waals surface area (Å²) in [5.41, 5.74) is -0.123. The maximum atomic E-state index is 15.4. The normalized spacial score (nSPS) is 20.9. The van der Waals surface area contributed by atoms with Crippen LogP contribution in [0.25, 0.3) is 11.0 Å². The van der Waals surface area contributed by atoms with Gasteiger partial charge in [0.05, 0.1) is 23.1 Å². The molecular weight excluding hydrogens is 491 g/mol. The highest BCUT2D eigenvalue weighted by molar-refractivity contribution is 9.11. The minimum Gasteiger partial charge on any atom is -0.478 e. The van der Waals surface area contributed by atoms with E-state index in [-0.39, 0.29) is 35.6 Å². The Labute approximate surface area is 191 Å². The molecule has 2 N–H and O–H groups in total. The van der Waals surface area contributed by atoms with Crippen LogP contribution in [0.5, 0.6) is 0 Å². The number of aromatic nitrogens is 2. The van der Waals surface area contributed by atoms with Crippen LogP contribution in [-0.2, 0) is 11.3 Å². The highest BCUT2D eigenvalue weighted by Gasteiger charge is 2.30. The number of halogens is 3. The maximum absolute atomic E-state index is 15.4. The van der Waals surface area contributed by atoms with Crippen LogP contribution < -0.4 is 5.32 Å². The highest BCUT2D eigenvalue weighted by Crippen LogP contribution is 2.36. The van der Waals surface area contributed by atoms with Crippen LogP contribution in [-0.4, -0.2) is 49.5 Å². The summed E-state index contributed by atoms with van der Waals surface area (Å²) >= 11 is 9.88. The smallest absolute Gasteiger partial charge is 0.337 e. The lowest BCUT2D eigenvalue weighted by Crippen LogP contribution is -2.31. The Hall–Kier alpha value is -2.39. The summed E-state index contributed by atoms with van der Waals surface area (Å²) in [5.74, 6) is -2.05. The van der Waals surface area contributed by atoms with Crippen molar-refractivity contribution in [3.8, 4) is 0 Å². The van der Waals surface area contributed by atoms with Crippen molar-refractivity contribution in [2.75, 3.05) is 18.4 Å². The van der Waals surface area contributed by atoms with Gasteiger partial charge in [-0.1, -0.05) is 33.6 Å². The zero-order valence-corrected chi connectivity index (χ0v) is 18.9.